The number of nitrogens with one attached hydrogen (secondary N) is 1. The van der Waals surface area contributed by atoms with E-state index in [9.17, 15) is 24.5 Å². The van der Waals surface area contributed by atoms with Crippen LogP contribution in [0.15, 0.2) is 24.3 Å². The Bertz CT molecular complexity index is 728. The topological polar surface area (TPSA) is 134 Å². The van der Waals surface area contributed by atoms with Gasteiger partial charge in [-0.25, -0.2) is 4.79 Å². The van der Waals surface area contributed by atoms with Crippen LogP contribution in [-0.4, -0.2) is 55.7 Å². The molecular formula is C18H22N2O8. The number of carbonyl (C=O) groups excluding carboxylic acids is 3. The highest BCUT2D eigenvalue weighted by Crippen LogP contribution is 2.27. The summed E-state index contributed by atoms with van der Waals surface area (Å²) in [5, 5.41) is 13.5. The second-order valence-electron chi connectivity index (χ2n) is 6.25. The van der Waals surface area contributed by atoms with E-state index in [2.05, 4.69) is 5.32 Å². The van der Waals surface area contributed by atoms with Gasteiger partial charge in [0.05, 0.1) is 25.6 Å². The van der Waals surface area contributed by atoms with Crippen molar-refractivity contribution in [3.63, 3.8) is 0 Å². The van der Waals surface area contributed by atoms with Crippen molar-refractivity contribution in [1.29, 1.82) is 0 Å². The quantitative estimate of drug-likeness (QED) is 0.393. The molecule has 0 radical (unpaired) electrons. The number of benzene rings is 1. The Morgan fingerprint density at radius 3 is 2.43 bits per heavy atom. The van der Waals surface area contributed by atoms with Crippen LogP contribution >= 0.6 is 0 Å². The van der Waals surface area contributed by atoms with Crippen molar-refractivity contribution in [1.82, 2.24) is 5.32 Å². The van der Waals surface area contributed by atoms with Gasteiger partial charge < -0.3 is 19.5 Å². The van der Waals surface area contributed by atoms with E-state index in [0.29, 0.717) is 18.6 Å². The van der Waals surface area contributed by atoms with E-state index >= 15 is 0 Å². The van der Waals surface area contributed by atoms with Crippen molar-refractivity contribution in [2.45, 2.75) is 37.3 Å². The molecule has 0 aromatic heterocycles. The van der Waals surface area contributed by atoms with Crippen LogP contribution in [0.25, 0.3) is 0 Å². The van der Waals surface area contributed by atoms with E-state index in [4.69, 9.17) is 14.2 Å². The van der Waals surface area contributed by atoms with Crippen molar-refractivity contribution in [3.8, 4) is 0 Å². The number of nitrogens with zero attached hydrogens (tertiary/aromatic N) is 1. The van der Waals surface area contributed by atoms with Crippen LogP contribution < -0.4 is 5.32 Å². The molecule has 1 fully saturated rings. The number of non-ortho nitro benzene ring substituents is 1. The summed E-state index contributed by atoms with van der Waals surface area (Å²) in [5.74, 6) is -2.68. The van der Waals surface area contributed by atoms with Gasteiger partial charge >= 0.3 is 11.9 Å². The van der Waals surface area contributed by atoms with Gasteiger partial charge in [0.25, 0.3) is 5.69 Å². The molecule has 1 aromatic rings. The van der Waals surface area contributed by atoms with E-state index in [1.54, 1.807) is 0 Å². The first-order chi connectivity index (χ1) is 13.4. The summed E-state index contributed by atoms with van der Waals surface area (Å²) in [6.45, 7) is 0.453. The van der Waals surface area contributed by atoms with E-state index in [0.717, 1.165) is 6.42 Å². The van der Waals surface area contributed by atoms with E-state index in [1.165, 1.54) is 38.5 Å². The standard InChI is InChI=1S/C18H22N2O8/c1-26-15(21)10-13(11-5-7-12(8-6-11)20(24)25)16(18(23)27-2)19-17(22)14-4-3-9-28-14/h5-8,13-14,16H,3-4,9-10H2,1-2H3,(H,19,22)/t13-,14+,16+/m1/s1. The van der Waals surface area contributed by atoms with Crippen LogP contribution in [0.1, 0.15) is 30.7 Å². The lowest BCUT2D eigenvalue weighted by Crippen LogP contribution is -2.49. The minimum atomic E-state index is -1.19. The highest BCUT2D eigenvalue weighted by Gasteiger charge is 2.36. The first-order valence-electron chi connectivity index (χ1n) is 8.68. The SMILES string of the molecule is COC(=O)C[C@H](c1ccc([N+](=O)[O-])cc1)[C@H](NC(=O)[C@@H]1CCCO1)C(=O)OC. The minimum absolute atomic E-state index is 0.140. The number of rotatable bonds is 8. The Hall–Kier alpha value is -3.01. The largest absolute Gasteiger partial charge is 0.469 e. The molecule has 3 atom stereocenters. The maximum absolute atomic E-state index is 12.5. The number of hydrogen-bond acceptors (Lipinski definition) is 8. The van der Waals surface area contributed by atoms with Crippen molar-refractivity contribution in [3.05, 3.63) is 39.9 Å². The van der Waals surface area contributed by atoms with Crippen LogP contribution in [0, 0.1) is 10.1 Å². The third-order valence-electron chi connectivity index (χ3n) is 4.52. The van der Waals surface area contributed by atoms with Crippen LogP contribution in [0.2, 0.25) is 0 Å². The third kappa shape index (κ3) is 5.26. The molecule has 0 unspecified atom stereocenters. The van der Waals surface area contributed by atoms with Gasteiger partial charge in [-0.3, -0.25) is 19.7 Å². The summed E-state index contributed by atoms with van der Waals surface area (Å²) in [6.07, 6.45) is 0.344. The first kappa shape index (κ1) is 21.3. The van der Waals surface area contributed by atoms with E-state index in [-0.39, 0.29) is 12.1 Å². The van der Waals surface area contributed by atoms with E-state index < -0.39 is 40.8 Å². The smallest absolute Gasteiger partial charge is 0.329 e. The maximum Gasteiger partial charge on any atom is 0.329 e. The van der Waals surface area contributed by atoms with Gasteiger partial charge in [-0.2, -0.15) is 0 Å². The van der Waals surface area contributed by atoms with E-state index in [1.807, 2.05) is 0 Å². The number of nitro groups is 1. The first-order valence-corrected chi connectivity index (χ1v) is 8.68. The Kier molecular flexibility index (Phi) is 7.44. The molecule has 1 amide bonds. The Labute approximate surface area is 161 Å². The van der Waals surface area contributed by atoms with Crippen LogP contribution in [0.3, 0.4) is 0 Å². The molecule has 0 saturated carbocycles. The van der Waals surface area contributed by atoms with Crippen molar-refractivity contribution in [2.75, 3.05) is 20.8 Å². The zero-order valence-corrected chi connectivity index (χ0v) is 15.6. The fraction of sp³-hybridized carbons (Fsp3) is 0.500. The summed E-state index contributed by atoms with van der Waals surface area (Å²) in [4.78, 5) is 47.1. The predicted molar refractivity (Wildman–Crippen MR) is 95.4 cm³/mol. The van der Waals surface area contributed by atoms with Gasteiger partial charge in [-0.15, -0.1) is 0 Å². The summed E-state index contributed by atoms with van der Waals surface area (Å²) in [6, 6.07) is 4.19. The molecule has 0 spiro atoms. The fourth-order valence-electron chi connectivity index (χ4n) is 3.02. The summed E-state index contributed by atoms with van der Waals surface area (Å²) >= 11 is 0. The molecule has 0 aliphatic carbocycles. The lowest BCUT2D eigenvalue weighted by molar-refractivity contribution is -0.384. The Morgan fingerprint density at radius 2 is 1.93 bits per heavy atom. The number of carbonyl (C=O) groups is 3. The Morgan fingerprint density at radius 1 is 1.25 bits per heavy atom. The monoisotopic (exact) mass is 394 g/mol. The molecule has 10 nitrogen and oxygen atoms in total. The van der Waals surface area contributed by atoms with Crippen LogP contribution in [0.5, 0.6) is 0 Å². The number of hydrogen-bond donors (Lipinski definition) is 1. The highest BCUT2D eigenvalue weighted by molar-refractivity contribution is 5.88. The van der Waals surface area contributed by atoms with Gasteiger partial charge in [-0.05, 0) is 18.4 Å². The van der Waals surface area contributed by atoms with Crippen molar-refractivity contribution in [2.24, 2.45) is 0 Å². The number of methoxy groups -OCH3 is 2. The fourth-order valence-corrected chi connectivity index (χ4v) is 3.02. The van der Waals surface area contributed by atoms with Crippen LogP contribution in [0.4, 0.5) is 5.69 Å². The minimum Gasteiger partial charge on any atom is -0.469 e. The summed E-state index contributed by atoms with van der Waals surface area (Å²) in [5.41, 5.74) is 0.303. The second kappa shape index (κ2) is 9.79. The lowest BCUT2D eigenvalue weighted by Gasteiger charge is -2.26. The van der Waals surface area contributed by atoms with Crippen molar-refractivity contribution < 1.29 is 33.5 Å². The van der Waals surface area contributed by atoms with Gasteiger partial charge in [0.1, 0.15) is 12.1 Å². The average molecular weight is 394 g/mol. The highest BCUT2D eigenvalue weighted by atomic mass is 16.6. The molecule has 2 rings (SSSR count). The Balaban J connectivity index is 2.33. The second-order valence-corrected chi connectivity index (χ2v) is 6.25. The molecule has 1 aliphatic heterocycles. The molecule has 1 aromatic carbocycles. The maximum atomic E-state index is 12.5. The molecule has 28 heavy (non-hydrogen) atoms. The molecule has 1 N–H and O–H groups in total. The van der Waals surface area contributed by atoms with Crippen LogP contribution in [-0.2, 0) is 28.6 Å². The summed E-state index contributed by atoms with van der Waals surface area (Å²) < 4.78 is 14.8. The number of nitro benzene ring substituents is 1. The lowest BCUT2D eigenvalue weighted by atomic mass is 9.88. The normalized spacial score (nSPS) is 18.0. The molecule has 1 saturated heterocycles. The zero-order chi connectivity index (χ0) is 20.7. The third-order valence-corrected chi connectivity index (χ3v) is 4.52. The molecule has 1 heterocycles. The predicted octanol–water partition coefficient (Wildman–Crippen LogP) is 1.08. The van der Waals surface area contributed by atoms with Crippen molar-refractivity contribution >= 4 is 23.5 Å². The molecule has 10 heteroatoms. The number of amides is 1. The number of esters is 2. The molecule has 0 bridgehead atoms. The molecular weight excluding hydrogens is 372 g/mol. The molecule has 152 valence electrons. The molecule has 1 aliphatic rings. The van der Waals surface area contributed by atoms with Gasteiger partial charge in [0, 0.05) is 24.7 Å². The number of ether oxygens (including phenoxy) is 3. The zero-order valence-electron chi connectivity index (χ0n) is 15.6. The van der Waals surface area contributed by atoms with Gasteiger partial charge in [0.2, 0.25) is 5.91 Å². The average Bonchev–Trinajstić information content (AvgIpc) is 3.24. The van der Waals surface area contributed by atoms with Gasteiger partial charge in [-0.1, -0.05) is 12.1 Å². The van der Waals surface area contributed by atoms with Gasteiger partial charge in [0.15, 0.2) is 0 Å². The summed E-state index contributed by atoms with van der Waals surface area (Å²) in [7, 11) is 2.37.